The zero-order valence-electron chi connectivity index (χ0n) is 13.4. The number of nitrogens with zero attached hydrogens (tertiary/aromatic N) is 2. The molecule has 0 unspecified atom stereocenters. The number of fused-ring (bicyclic) bond motifs is 1. The highest BCUT2D eigenvalue weighted by Gasteiger charge is 2.13. The van der Waals surface area contributed by atoms with Gasteiger partial charge in [-0.05, 0) is 48.5 Å². The van der Waals surface area contributed by atoms with Crippen LogP contribution in [0.2, 0.25) is 0 Å². The van der Waals surface area contributed by atoms with Crippen molar-refractivity contribution in [2.45, 2.75) is 13.5 Å². The van der Waals surface area contributed by atoms with E-state index in [0.29, 0.717) is 13.2 Å². The maximum atomic E-state index is 5.10. The van der Waals surface area contributed by atoms with Crippen LogP contribution in [0.5, 0.6) is 0 Å². The van der Waals surface area contributed by atoms with Gasteiger partial charge in [0, 0.05) is 32.0 Å². The molecule has 0 bridgehead atoms. The number of anilines is 3. The predicted octanol–water partition coefficient (Wildman–Crippen LogP) is 2.66. The standard InChI is InChI=1S/C17H21N5O/c1-12-3-6-19-15(9-12)21-16-10-13-4-5-18-11-14(13)17(22-16)20-7-8-23-2/h3-6,9-10,18H,7-8,11H2,1-2H3,(H2,19,20,21,22). The third-order valence-corrected chi connectivity index (χ3v) is 3.59. The summed E-state index contributed by atoms with van der Waals surface area (Å²) in [5.41, 5.74) is 3.46. The van der Waals surface area contributed by atoms with Crippen LogP contribution in [0, 0.1) is 6.92 Å². The van der Waals surface area contributed by atoms with Gasteiger partial charge in [0.1, 0.15) is 17.5 Å². The number of nitrogens with one attached hydrogen (secondary N) is 3. The molecule has 1 aliphatic rings. The van der Waals surface area contributed by atoms with Gasteiger partial charge in [-0.2, -0.15) is 0 Å². The first kappa shape index (κ1) is 15.3. The SMILES string of the molecule is COCCNc1nc(Nc2cc(C)ccn2)cc2c1CNC=C2. The summed E-state index contributed by atoms with van der Waals surface area (Å²) in [4.78, 5) is 9.02. The van der Waals surface area contributed by atoms with Crippen LogP contribution in [-0.4, -0.2) is 30.2 Å². The van der Waals surface area contributed by atoms with Gasteiger partial charge < -0.3 is 20.7 Å². The number of rotatable bonds is 6. The molecule has 23 heavy (non-hydrogen) atoms. The van der Waals surface area contributed by atoms with Crippen LogP contribution in [-0.2, 0) is 11.3 Å². The number of hydrogen-bond donors (Lipinski definition) is 3. The molecule has 0 saturated heterocycles. The summed E-state index contributed by atoms with van der Waals surface area (Å²) in [6, 6.07) is 6.01. The second-order valence-electron chi connectivity index (χ2n) is 5.40. The summed E-state index contributed by atoms with van der Waals surface area (Å²) >= 11 is 0. The Morgan fingerprint density at radius 2 is 2.22 bits per heavy atom. The van der Waals surface area contributed by atoms with Crippen molar-refractivity contribution in [2.24, 2.45) is 0 Å². The largest absolute Gasteiger partial charge is 0.387 e. The summed E-state index contributed by atoms with van der Waals surface area (Å²) in [6.45, 7) is 4.15. The minimum atomic E-state index is 0.636. The van der Waals surface area contributed by atoms with E-state index in [-0.39, 0.29) is 0 Å². The third kappa shape index (κ3) is 3.78. The summed E-state index contributed by atoms with van der Waals surface area (Å²) in [5, 5.41) is 9.84. The van der Waals surface area contributed by atoms with Crippen molar-refractivity contribution >= 4 is 23.5 Å². The summed E-state index contributed by atoms with van der Waals surface area (Å²) in [5.74, 6) is 2.43. The zero-order chi connectivity index (χ0) is 16.1. The van der Waals surface area contributed by atoms with Gasteiger partial charge in [0.15, 0.2) is 0 Å². The van der Waals surface area contributed by atoms with Gasteiger partial charge >= 0.3 is 0 Å². The van der Waals surface area contributed by atoms with Crippen molar-refractivity contribution in [3.05, 3.63) is 47.3 Å². The number of methoxy groups -OCH3 is 1. The van der Waals surface area contributed by atoms with Crippen LogP contribution in [0.3, 0.4) is 0 Å². The second-order valence-corrected chi connectivity index (χ2v) is 5.40. The maximum Gasteiger partial charge on any atom is 0.134 e. The molecule has 0 saturated carbocycles. The number of pyridine rings is 2. The van der Waals surface area contributed by atoms with Gasteiger partial charge in [0.25, 0.3) is 0 Å². The fraction of sp³-hybridized carbons (Fsp3) is 0.294. The van der Waals surface area contributed by atoms with Gasteiger partial charge in [-0.3, -0.25) is 0 Å². The molecule has 1 aliphatic heterocycles. The molecule has 0 aromatic carbocycles. The predicted molar refractivity (Wildman–Crippen MR) is 92.7 cm³/mol. The van der Waals surface area contributed by atoms with E-state index in [1.54, 1.807) is 13.3 Å². The first-order chi connectivity index (χ1) is 11.3. The molecule has 120 valence electrons. The highest BCUT2D eigenvalue weighted by atomic mass is 16.5. The van der Waals surface area contributed by atoms with Crippen molar-refractivity contribution in [1.29, 1.82) is 0 Å². The molecule has 0 aliphatic carbocycles. The molecule has 3 N–H and O–H groups in total. The summed E-state index contributed by atoms with van der Waals surface area (Å²) in [7, 11) is 1.69. The monoisotopic (exact) mass is 311 g/mol. The molecule has 3 rings (SSSR count). The molecule has 0 atom stereocenters. The number of hydrogen-bond acceptors (Lipinski definition) is 6. The van der Waals surface area contributed by atoms with Gasteiger partial charge in [-0.1, -0.05) is 0 Å². The quantitative estimate of drug-likeness (QED) is 0.713. The lowest BCUT2D eigenvalue weighted by Gasteiger charge is -2.19. The second kappa shape index (κ2) is 7.11. The van der Waals surface area contributed by atoms with E-state index in [2.05, 4.69) is 27.0 Å². The van der Waals surface area contributed by atoms with E-state index >= 15 is 0 Å². The third-order valence-electron chi connectivity index (χ3n) is 3.59. The Kier molecular flexibility index (Phi) is 4.73. The van der Waals surface area contributed by atoms with Crippen LogP contribution in [0.15, 0.2) is 30.6 Å². The topological polar surface area (TPSA) is 71.1 Å². The molecular formula is C17H21N5O. The lowest BCUT2D eigenvalue weighted by Crippen LogP contribution is -2.17. The summed E-state index contributed by atoms with van der Waals surface area (Å²) < 4.78 is 5.10. The average molecular weight is 311 g/mol. The van der Waals surface area contributed by atoms with Crippen LogP contribution in [0.4, 0.5) is 17.5 Å². The first-order valence-electron chi connectivity index (χ1n) is 7.62. The van der Waals surface area contributed by atoms with Gasteiger partial charge in [-0.15, -0.1) is 0 Å². The molecule has 6 heteroatoms. The number of ether oxygens (including phenoxy) is 1. The maximum absolute atomic E-state index is 5.10. The van der Waals surface area contributed by atoms with E-state index in [1.165, 1.54) is 0 Å². The minimum absolute atomic E-state index is 0.636. The van der Waals surface area contributed by atoms with Gasteiger partial charge in [-0.25, -0.2) is 9.97 Å². The minimum Gasteiger partial charge on any atom is -0.387 e. The van der Waals surface area contributed by atoms with Crippen molar-refractivity contribution in [1.82, 2.24) is 15.3 Å². The van der Waals surface area contributed by atoms with Crippen molar-refractivity contribution in [2.75, 3.05) is 30.9 Å². The van der Waals surface area contributed by atoms with E-state index < -0.39 is 0 Å². The Labute approximate surface area is 136 Å². The van der Waals surface area contributed by atoms with Gasteiger partial charge in [0.2, 0.25) is 0 Å². The van der Waals surface area contributed by atoms with Crippen molar-refractivity contribution < 1.29 is 4.74 Å². The van der Waals surface area contributed by atoms with Gasteiger partial charge in [0.05, 0.1) is 6.61 Å². The van der Waals surface area contributed by atoms with Crippen LogP contribution in [0.1, 0.15) is 16.7 Å². The smallest absolute Gasteiger partial charge is 0.134 e. The molecule has 2 aromatic rings. The van der Waals surface area contributed by atoms with Crippen LogP contribution >= 0.6 is 0 Å². The Hall–Kier alpha value is -2.60. The lowest BCUT2D eigenvalue weighted by molar-refractivity contribution is 0.210. The molecule has 0 radical (unpaired) electrons. The summed E-state index contributed by atoms with van der Waals surface area (Å²) in [6.07, 6.45) is 5.80. The van der Waals surface area contributed by atoms with E-state index in [0.717, 1.165) is 40.7 Å². The van der Waals surface area contributed by atoms with Crippen LogP contribution < -0.4 is 16.0 Å². The normalized spacial score (nSPS) is 12.4. The zero-order valence-corrected chi connectivity index (χ0v) is 13.4. The Bertz CT molecular complexity index is 714. The number of aromatic nitrogens is 2. The Morgan fingerprint density at radius 1 is 1.30 bits per heavy atom. The van der Waals surface area contributed by atoms with E-state index in [9.17, 15) is 0 Å². The highest BCUT2D eigenvalue weighted by molar-refractivity contribution is 5.69. The van der Waals surface area contributed by atoms with Crippen molar-refractivity contribution in [3.8, 4) is 0 Å². The molecule has 3 heterocycles. The van der Waals surface area contributed by atoms with E-state index in [1.807, 2.05) is 31.3 Å². The van der Waals surface area contributed by atoms with E-state index in [4.69, 9.17) is 9.72 Å². The molecule has 0 amide bonds. The Balaban J connectivity index is 1.88. The first-order valence-corrected chi connectivity index (χ1v) is 7.62. The molecule has 0 fully saturated rings. The number of aryl methyl sites for hydroxylation is 1. The molecule has 6 nitrogen and oxygen atoms in total. The average Bonchev–Trinajstić information content (AvgIpc) is 2.55. The fourth-order valence-corrected chi connectivity index (χ4v) is 2.45. The molecule has 0 spiro atoms. The lowest BCUT2D eigenvalue weighted by atomic mass is 10.1. The fourth-order valence-electron chi connectivity index (χ4n) is 2.45. The highest BCUT2D eigenvalue weighted by Crippen LogP contribution is 2.26. The van der Waals surface area contributed by atoms with Crippen LogP contribution in [0.25, 0.3) is 6.08 Å². The van der Waals surface area contributed by atoms with Crippen molar-refractivity contribution in [3.63, 3.8) is 0 Å². The molecular weight excluding hydrogens is 290 g/mol. The molecule has 2 aromatic heterocycles. The Morgan fingerprint density at radius 3 is 3.04 bits per heavy atom.